The third kappa shape index (κ3) is 4.20. The number of carbonyl (C=O) groups excluding carboxylic acids is 1. The molecule has 0 amide bonds. The number of halogens is 1. The summed E-state index contributed by atoms with van der Waals surface area (Å²) in [4.78, 5) is 18.4. The average Bonchev–Trinajstić information content (AvgIpc) is 3.31. The van der Waals surface area contributed by atoms with Crippen LogP contribution in [0, 0.1) is 0 Å². The number of anilines is 2. The Bertz CT molecular complexity index is 1150. The largest absolute Gasteiger partial charge is 0.397 e. The van der Waals surface area contributed by atoms with Gasteiger partial charge in [-0.15, -0.1) is 22.7 Å². The van der Waals surface area contributed by atoms with Gasteiger partial charge >= 0.3 is 0 Å². The van der Waals surface area contributed by atoms with E-state index in [4.69, 9.17) is 27.1 Å². The maximum absolute atomic E-state index is 13.1. The number of rotatable bonds is 8. The number of hydrogen-bond donors (Lipinski definition) is 2. The molecule has 3 N–H and O–H groups in total. The van der Waals surface area contributed by atoms with Gasteiger partial charge in [-0.2, -0.15) is 0 Å². The van der Waals surface area contributed by atoms with Crippen LogP contribution in [0.15, 0.2) is 48.5 Å². The Hall–Kier alpha value is -2.45. The molecule has 2 aromatic carbocycles. The van der Waals surface area contributed by atoms with E-state index < -0.39 is 0 Å². The number of carbonyl (C=O) groups is 1. The number of nitrogens with one attached hydrogen (secondary N) is 1. The molecule has 30 heavy (non-hydrogen) atoms. The lowest BCUT2D eigenvalue weighted by Crippen LogP contribution is -2.04. The van der Waals surface area contributed by atoms with Crippen molar-refractivity contribution in [3.05, 3.63) is 64.0 Å². The van der Waals surface area contributed by atoms with Gasteiger partial charge in [0.05, 0.1) is 21.5 Å². The number of nitrogen functional groups attached to an aromatic ring is 1. The number of thiazole rings is 1. The number of methoxy groups -OCH3 is 1. The van der Waals surface area contributed by atoms with Crippen LogP contribution in [0.5, 0.6) is 0 Å². The maximum Gasteiger partial charge on any atom is 0.205 e. The Balaban J connectivity index is 1.76. The summed E-state index contributed by atoms with van der Waals surface area (Å²) in [6.45, 7) is 1.36. The van der Waals surface area contributed by atoms with Gasteiger partial charge in [0.15, 0.2) is 0 Å². The number of para-hydroxylation sites is 1. The number of hydrogen-bond acceptors (Lipinski definition) is 7. The fraction of sp³-hybridized carbons (Fsp3) is 0.182. The zero-order valence-corrected chi connectivity index (χ0v) is 18.7. The molecule has 0 unspecified atom stereocenters. The second-order valence-corrected chi connectivity index (χ2v) is 9.13. The number of aromatic nitrogens is 1. The van der Waals surface area contributed by atoms with Gasteiger partial charge in [-0.3, -0.25) is 4.79 Å². The van der Waals surface area contributed by atoms with Crippen LogP contribution >= 0.6 is 34.3 Å². The van der Waals surface area contributed by atoms with E-state index >= 15 is 0 Å². The quantitative estimate of drug-likeness (QED) is 0.253. The van der Waals surface area contributed by atoms with Crippen LogP contribution in [-0.2, 0) is 4.74 Å². The molecule has 0 saturated carbocycles. The van der Waals surface area contributed by atoms with Crippen LogP contribution in [0.2, 0.25) is 5.02 Å². The van der Waals surface area contributed by atoms with E-state index in [0.29, 0.717) is 34.3 Å². The van der Waals surface area contributed by atoms with Crippen molar-refractivity contribution >= 4 is 61.0 Å². The molecule has 0 fully saturated rings. The summed E-state index contributed by atoms with van der Waals surface area (Å²) in [5, 5.41) is 5.65. The number of fused-ring (bicyclic) bond motifs is 1. The minimum absolute atomic E-state index is 0.124. The molecule has 0 radical (unpaired) electrons. The van der Waals surface area contributed by atoms with Crippen molar-refractivity contribution in [1.82, 2.24) is 4.98 Å². The molecule has 2 aromatic heterocycles. The number of thiophene rings is 1. The Labute approximate surface area is 187 Å². The zero-order chi connectivity index (χ0) is 21.1. The molecule has 0 spiro atoms. The molecular formula is C22H20ClN3O2S2. The molecule has 4 aromatic rings. The van der Waals surface area contributed by atoms with Crippen LogP contribution in [0.4, 0.5) is 10.7 Å². The number of ether oxygens (including phenoxy) is 1. The number of nitrogens with zero attached hydrogens (tertiary/aromatic N) is 1. The lowest BCUT2D eigenvalue weighted by Gasteiger charge is -2.06. The van der Waals surface area contributed by atoms with E-state index in [1.807, 2.05) is 24.3 Å². The Kier molecular flexibility index (Phi) is 6.34. The number of nitrogens with two attached hydrogens (primary N) is 1. The molecular weight excluding hydrogens is 438 g/mol. The molecule has 0 aliphatic rings. The van der Waals surface area contributed by atoms with Crippen LogP contribution in [-0.4, -0.2) is 31.0 Å². The first-order valence-electron chi connectivity index (χ1n) is 9.39. The van der Waals surface area contributed by atoms with Gasteiger partial charge < -0.3 is 15.8 Å². The third-order valence-corrected chi connectivity index (χ3v) is 7.04. The Morgan fingerprint density at radius 2 is 1.93 bits per heavy atom. The second-order valence-electron chi connectivity index (χ2n) is 6.64. The lowest BCUT2D eigenvalue weighted by atomic mass is 10.1. The molecule has 2 heterocycles. The first-order chi connectivity index (χ1) is 14.6. The summed E-state index contributed by atoms with van der Waals surface area (Å²) >= 11 is 8.89. The summed E-state index contributed by atoms with van der Waals surface area (Å²) in [5.74, 6) is -0.124. The van der Waals surface area contributed by atoms with E-state index in [2.05, 4.69) is 5.32 Å². The van der Waals surface area contributed by atoms with Crippen molar-refractivity contribution in [1.29, 1.82) is 0 Å². The monoisotopic (exact) mass is 457 g/mol. The van der Waals surface area contributed by atoms with Gasteiger partial charge in [-0.25, -0.2) is 4.98 Å². The maximum atomic E-state index is 13.1. The summed E-state index contributed by atoms with van der Waals surface area (Å²) < 4.78 is 6.21. The predicted octanol–water partition coefficient (Wildman–Crippen LogP) is 5.94. The van der Waals surface area contributed by atoms with Gasteiger partial charge in [0, 0.05) is 30.8 Å². The predicted molar refractivity (Wildman–Crippen MR) is 127 cm³/mol. The van der Waals surface area contributed by atoms with Gasteiger partial charge in [-0.05, 0) is 42.8 Å². The molecule has 5 nitrogen and oxygen atoms in total. The van der Waals surface area contributed by atoms with E-state index in [-0.39, 0.29) is 5.78 Å². The molecule has 154 valence electrons. The van der Waals surface area contributed by atoms with Crippen LogP contribution in [0.1, 0.15) is 21.7 Å². The summed E-state index contributed by atoms with van der Waals surface area (Å²) in [6.07, 6.45) is 0.841. The van der Waals surface area contributed by atoms with Gasteiger partial charge in [0.25, 0.3) is 0 Å². The molecule has 4 rings (SSSR count). The normalized spacial score (nSPS) is 11.1. The fourth-order valence-corrected chi connectivity index (χ4v) is 5.41. The minimum atomic E-state index is -0.124. The van der Waals surface area contributed by atoms with Gasteiger partial charge in [-0.1, -0.05) is 23.7 Å². The molecule has 0 saturated heterocycles. The molecule has 0 bridgehead atoms. The van der Waals surface area contributed by atoms with Crippen molar-refractivity contribution in [2.24, 2.45) is 0 Å². The van der Waals surface area contributed by atoms with E-state index in [1.165, 1.54) is 11.3 Å². The summed E-state index contributed by atoms with van der Waals surface area (Å²) in [5.41, 5.74) is 9.23. The molecule has 8 heteroatoms. The van der Waals surface area contributed by atoms with Crippen LogP contribution in [0.25, 0.3) is 20.8 Å². The van der Waals surface area contributed by atoms with Crippen molar-refractivity contribution in [3.8, 4) is 10.6 Å². The highest BCUT2D eigenvalue weighted by Crippen LogP contribution is 2.46. The topological polar surface area (TPSA) is 77.2 Å². The van der Waals surface area contributed by atoms with E-state index in [0.717, 1.165) is 32.2 Å². The standard InChI is InChI=1S/C22H20ClN3O2S2/c1-28-12-4-11-25-21-17(22-26-15-5-2-3-6-16(15)29-22)18(24)20(30-21)19(27)13-7-9-14(23)10-8-13/h2-3,5-10,25H,4,11-12,24H2,1H3. The highest BCUT2D eigenvalue weighted by Gasteiger charge is 2.25. The molecule has 0 aliphatic carbocycles. The first kappa shape index (κ1) is 20.8. The highest BCUT2D eigenvalue weighted by molar-refractivity contribution is 7.23. The smallest absolute Gasteiger partial charge is 0.205 e. The molecule has 0 atom stereocenters. The summed E-state index contributed by atoms with van der Waals surface area (Å²) in [6, 6.07) is 14.8. The number of benzene rings is 2. The third-order valence-electron chi connectivity index (χ3n) is 4.58. The Morgan fingerprint density at radius 1 is 1.17 bits per heavy atom. The Morgan fingerprint density at radius 3 is 2.67 bits per heavy atom. The van der Waals surface area contributed by atoms with E-state index in [1.54, 1.807) is 42.7 Å². The van der Waals surface area contributed by atoms with Crippen molar-refractivity contribution < 1.29 is 9.53 Å². The van der Waals surface area contributed by atoms with Crippen molar-refractivity contribution in [3.63, 3.8) is 0 Å². The second kappa shape index (κ2) is 9.14. The molecule has 0 aliphatic heterocycles. The fourth-order valence-electron chi connectivity index (χ4n) is 3.08. The van der Waals surface area contributed by atoms with Gasteiger partial charge in [0.1, 0.15) is 14.9 Å². The average molecular weight is 458 g/mol. The first-order valence-corrected chi connectivity index (χ1v) is 11.4. The lowest BCUT2D eigenvalue weighted by molar-refractivity contribution is 0.104. The number of ketones is 1. The van der Waals surface area contributed by atoms with Crippen LogP contribution in [0.3, 0.4) is 0 Å². The van der Waals surface area contributed by atoms with E-state index in [9.17, 15) is 4.79 Å². The minimum Gasteiger partial charge on any atom is -0.397 e. The SMILES string of the molecule is COCCCNc1sc(C(=O)c2ccc(Cl)cc2)c(N)c1-c1nc2ccccc2s1. The van der Waals surface area contributed by atoms with Gasteiger partial charge in [0.2, 0.25) is 5.78 Å². The summed E-state index contributed by atoms with van der Waals surface area (Å²) in [7, 11) is 1.68. The van der Waals surface area contributed by atoms with Crippen molar-refractivity contribution in [2.75, 3.05) is 31.3 Å². The van der Waals surface area contributed by atoms with Crippen molar-refractivity contribution in [2.45, 2.75) is 6.42 Å². The zero-order valence-electron chi connectivity index (χ0n) is 16.3. The highest BCUT2D eigenvalue weighted by atomic mass is 35.5. The van der Waals surface area contributed by atoms with Crippen LogP contribution < -0.4 is 11.1 Å².